The van der Waals surface area contributed by atoms with E-state index in [4.69, 9.17) is 4.74 Å². The predicted molar refractivity (Wildman–Crippen MR) is 105 cm³/mol. The van der Waals surface area contributed by atoms with Crippen molar-refractivity contribution >= 4 is 33.6 Å². The summed E-state index contributed by atoms with van der Waals surface area (Å²) in [5.74, 6) is 0.398. The Kier molecular flexibility index (Phi) is 6.46. The van der Waals surface area contributed by atoms with E-state index in [1.165, 1.54) is 23.9 Å². The molecular weight excluding hydrogens is 435 g/mol. The van der Waals surface area contributed by atoms with Crippen LogP contribution in [-0.2, 0) is 11.3 Å². The number of rotatable bonds is 7. The average molecular weight is 451 g/mol. The van der Waals surface area contributed by atoms with Crippen LogP contribution < -0.4 is 10.1 Å². The Hall–Kier alpha value is -2.39. The van der Waals surface area contributed by atoms with Gasteiger partial charge in [-0.1, -0.05) is 27.7 Å². The number of hydrogen-bond donors (Lipinski definition) is 1. The first kappa shape index (κ1) is 19.4. The standard InChI is InChI=1S/C18H16BrFN4O2S/c1-26-16-4-2-15(3-5-16)24-11-22-23-18(24)27-10-17(25)21-9-12-6-13(19)8-14(20)7-12/h2-8,11H,9-10H2,1H3,(H,21,25). The molecule has 0 aliphatic carbocycles. The largest absolute Gasteiger partial charge is 0.497 e. The van der Waals surface area contributed by atoms with Crippen molar-refractivity contribution in [1.29, 1.82) is 0 Å². The van der Waals surface area contributed by atoms with Gasteiger partial charge in [-0.15, -0.1) is 10.2 Å². The van der Waals surface area contributed by atoms with Gasteiger partial charge in [-0.25, -0.2) is 4.39 Å². The summed E-state index contributed by atoms with van der Waals surface area (Å²) in [5.41, 5.74) is 1.55. The lowest BCUT2D eigenvalue weighted by molar-refractivity contribution is -0.118. The summed E-state index contributed by atoms with van der Waals surface area (Å²) >= 11 is 4.50. The summed E-state index contributed by atoms with van der Waals surface area (Å²) in [5, 5.41) is 11.3. The Balaban J connectivity index is 1.57. The van der Waals surface area contributed by atoms with Crippen molar-refractivity contribution in [3.05, 3.63) is 64.6 Å². The molecule has 1 amide bonds. The van der Waals surface area contributed by atoms with Gasteiger partial charge >= 0.3 is 0 Å². The first-order chi connectivity index (χ1) is 13.0. The third-order valence-corrected chi connectivity index (χ3v) is 5.01. The van der Waals surface area contributed by atoms with Crippen LogP contribution >= 0.6 is 27.7 Å². The zero-order chi connectivity index (χ0) is 19.2. The Labute approximate surface area is 168 Å². The van der Waals surface area contributed by atoms with Crippen molar-refractivity contribution in [1.82, 2.24) is 20.1 Å². The van der Waals surface area contributed by atoms with E-state index in [0.29, 0.717) is 15.2 Å². The van der Waals surface area contributed by atoms with Gasteiger partial charge in [-0.2, -0.15) is 0 Å². The van der Waals surface area contributed by atoms with E-state index in [1.54, 1.807) is 24.1 Å². The van der Waals surface area contributed by atoms with Crippen molar-refractivity contribution in [3.8, 4) is 11.4 Å². The van der Waals surface area contributed by atoms with Crippen LogP contribution in [0.25, 0.3) is 5.69 Å². The second kappa shape index (κ2) is 9.01. The lowest BCUT2D eigenvalue weighted by Gasteiger charge is -2.08. The van der Waals surface area contributed by atoms with Crippen LogP contribution in [0, 0.1) is 5.82 Å². The number of carbonyl (C=O) groups is 1. The van der Waals surface area contributed by atoms with Crippen molar-refractivity contribution in [3.63, 3.8) is 0 Å². The molecule has 0 bridgehead atoms. The molecule has 0 atom stereocenters. The Morgan fingerprint density at radius 3 is 2.78 bits per heavy atom. The lowest BCUT2D eigenvalue weighted by Crippen LogP contribution is -2.24. The van der Waals surface area contributed by atoms with E-state index in [0.717, 1.165) is 11.4 Å². The topological polar surface area (TPSA) is 69.0 Å². The van der Waals surface area contributed by atoms with E-state index >= 15 is 0 Å². The number of aromatic nitrogens is 3. The fraction of sp³-hybridized carbons (Fsp3) is 0.167. The van der Waals surface area contributed by atoms with E-state index in [1.807, 2.05) is 24.3 Å². The van der Waals surface area contributed by atoms with Gasteiger partial charge in [0.15, 0.2) is 5.16 Å². The van der Waals surface area contributed by atoms with Gasteiger partial charge in [0.25, 0.3) is 0 Å². The van der Waals surface area contributed by atoms with Crippen molar-refractivity contribution in [2.75, 3.05) is 12.9 Å². The SMILES string of the molecule is COc1ccc(-n2cnnc2SCC(=O)NCc2cc(F)cc(Br)c2)cc1. The molecule has 0 aliphatic heterocycles. The van der Waals surface area contributed by atoms with Crippen LogP contribution in [0.4, 0.5) is 4.39 Å². The maximum Gasteiger partial charge on any atom is 0.230 e. The van der Waals surface area contributed by atoms with E-state index < -0.39 is 0 Å². The van der Waals surface area contributed by atoms with Crippen LogP contribution in [0.1, 0.15) is 5.56 Å². The molecule has 6 nitrogen and oxygen atoms in total. The zero-order valence-corrected chi connectivity index (χ0v) is 16.8. The maximum absolute atomic E-state index is 13.4. The van der Waals surface area contributed by atoms with Crippen LogP contribution in [-0.4, -0.2) is 33.5 Å². The second-order valence-electron chi connectivity index (χ2n) is 5.52. The minimum Gasteiger partial charge on any atom is -0.497 e. The fourth-order valence-electron chi connectivity index (χ4n) is 2.34. The molecule has 3 rings (SSSR count). The van der Waals surface area contributed by atoms with Gasteiger partial charge in [-0.3, -0.25) is 9.36 Å². The molecule has 0 fully saturated rings. The molecule has 27 heavy (non-hydrogen) atoms. The minimum absolute atomic E-state index is 0.172. The number of nitrogens with one attached hydrogen (secondary N) is 1. The molecule has 0 aliphatic rings. The number of methoxy groups -OCH3 is 1. The van der Waals surface area contributed by atoms with Crippen LogP contribution in [0.3, 0.4) is 0 Å². The second-order valence-corrected chi connectivity index (χ2v) is 7.38. The molecule has 140 valence electrons. The third-order valence-electron chi connectivity index (χ3n) is 3.61. The summed E-state index contributed by atoms with van der Waals surface area (Å²) in [7, 11) is 1.61. The molecule has 0 radical (unpaired) electrons. The Morgan fingerprint density at radius 2 is 2.07 bits per heavy atom. The monoisotopic (exact) mass is 450 g/mol. The number of hydrogen-bond acceptors (Lipinski definition) is 5. The van der Waals surface area contributed by atoms with Crippen molar-refractivity contribution < 1.29 is 13.9 Å². The van der Waals surface area contributed by atoms with Gasteiger partial charge in [0.1, 0.15) is 17.9 Å². The molecule has 0 saturated carbocycles. The van der Waals surface area contributed by atoms with Crippen molar-refractivity contribution in [2.45, 2.75) is 11.7 Å². The number of ether oxygens (including phenoxy) is 1. The number of halogens is 2. The van der Waals surface area contributed by atoms with Gasteiger partial charge in [0, 0.05) is 16.7 Å². The lowest BCUT2D eigenvalue weighted by atomic mass is 10.2. The summed E-state index contributed by atoms with van der Waals surface area (Å²) in [6, 6.07) is 12.0. The molecule has 3 aromatic rings. The van der Waals surface area contributed by atoms with E-state index in [-0.39, 0.29) is 24.0 Å². The van der Waals surface area contributed by atoms with Crippen LogP contribution in [0.5, 0.6) is 5.75 Å². The highest BCUT2D eigenvalue weighted by Gasteiger charge is 2.10. The summed E-state index contributed by atoms with van der Waals surface area (Å²) in [4.78, 5) is 12.1. The maximum atomic E-state index is 13.4. The molecule has 1 heterocycles. The number of amides is 1. The van der Waals surface area contributed by atoms with Gasteiger partial charge < -0.3 is 10.1 Å². The highest BCUT2D eigenvalue weighted by Crippen LogP contribution is 2.21. The minimum atomic E-state index is -0.351. The van der Waals surface area contributed by atoms with Crippen LogP contribution in [0.2, 0.25) is 0 Å². The normalized spacial score (nSPS) is 10.6. The molecular formula is C18H16BrFN4O2S. The zero-order valence-electron chi connectivity index (χ0n) is 14.4. The Morgan fingerprint density at radius 1 is 1.30 bits per heavy atom. The molecule has 1 aromatic heterocycles. The average Bonchev–Trinajstić information content (AvgIpc) is 3.12. The molecule has 0 spiro atoms. The smallest absolute Gasteiger partial charge is 0.230 e. The molecule has 0 unspecified atom stereocenters. The fourth-order valence-corrected chi connectivity index (χ4v) is 3.61. The highest BCUT2D eigenvalue weighted by atomic mass is 79.9. The molecule has 2 aromatic carbocycles. The highest BCUT2D eigenvalue weighted by molar-refractivity contribution is 9.10. The quantitative estimate of drug-likeness (QED) is 0.557. The summed E-state index contributed by atoms with van der Waals surface area (Å²) < 4.78 is 20.9. The van der Waals surface area contributed by atoms with Crippen LogP contribution in [0.15, 0.2) is 58.4 Å². The summed E-state index contributed by atoms with van der Waals surface area (Å²) in [6.07, 6.45) is 1.59. The Bertz CT molecular complexity index is 913. The first-order valence-corrected chi connectivity index (χ1v) is 9.72. The van der Waals surface area contributed by atoms with E-state index in [2.05, 4.69) is 31.4 Å². The number of benzene rings is 2. The van der Waals surface area contributed by atoms with Gasteiger partial charge in [0.05, 0.1) is 12.9 Å². The number of carbonyl (C=O) groups excluding carboxylic acids is 1. The van der Waals surface area contributed by atoms with Crippen molar-refractivity contribution in [2.24, 2.45) is 0 Å². The predicted octanol–water partition coefficient (Wildman–Crippen LogP) is 3.59. The summed E-state index contributed by atoms with van der Waals surface area (Å²) in [6.45, 7) is 0.251. The van der Waals surface area contributed by atoms with Gasteiger partial charge in [-0.05, 0) is 48.0 Å². The molecule has 1 N–H and O–H groups in total. The number of thioether (sulfide) groups is 1. The third kappa shape index (κ3) is 5.30. The van der Waals surface area contributed by atoms with E-state index in [9.17, 15) is 9.18 Å². The first-order valence-electron chi connectivity index (χ1n) is 7.94. The number of nitrogens with zero attached hydrogens (tertiary/aromatic N) is 3. The molecule has 0 saturated heterocycles. The van der Waals surface area contributed by atoms with Gasteiger partial charge in [0.2, 0.25) is 5.91 Å². The molecule has 9 heteroatoms.